The Hall–Kier alpha value is 0.250. The van der Waals surface area contributed by atoms with E-state index in [1.165, 1.54) is 0 Å². The highest BCUT2D eigenvalue weighted by Crippen LogP contribution is 2.29. The van der Waals surface area contributed by atoms with Gasteiger partial charge in [-0.3, -0.25) is 0 Å². The molecule has 0 spiro atoms. The number of methoxy groups -OCH3 is 1. The second kappa shape index (κ2) is 5.37. The first kappa shape index (κ1) is 14.2. The molecule has 0 rings (SSSR count). The molecule has 0 fully saturated rings. The van der Waals surface area contributed by atoms with E-state index in [4.69, 9.17) is 16.3 Å². The van der Waals surface area contributed by atoms with Crippen LogP contribution in [0, 0.1) is 5.41 Å². The molecule has 0 aliphatic carbocycles. The Kier molecular flexibility index (Phi) is 5.46. The number of hydrogen-bond donors (Lipinski definition) is 0. The first-order chi connectivity index (χ1) is 6.19. The minimum Gasteiger partial charge on any atom is -0.379 e. The van der Waals surface area contributed by atoms with Crippen molar-refractivity contribution < 1.29 is 4.74 Å². The maximum absolute atomic E-state index is 6.29. The highest BCUT2D eigenvalue weighted by molar-refractivity contribution is 6.21. The molecule has 0 aromatic carbocycles. The van der Waals surface area contributed by atoms with E-state index in [1.807, 2.05) is 0 Å². The standard InChI is InChI=1S/C12H25ClO/c1-11(2,3)10(13)8-7-9-12(4,5)14-6/h10H,7-9H2,1-6H3. The molecular weight excluding hydrogens is 196 g/mol. The Morgan fingerprint density at radius 3 is 2.00 bits per heavy atom. The van der Waals surface area contributed by atoms with E-state index >= 15 is 0 Å². The van der Waals surface area contributed by atoms with Crippen LogP contribution in [0.5, 0.6) is 0 Å². The third kappa shape index (κ3) is 5.87. The molecule has 0 aromatic rings. The van der Waals surface area contributed by atoms with Crippen LogP contribution in [-0.4, -0.2) is 18.1 Å². The van der Waals surface area contributed by atoms with Crippen LogP contribution in [0.2, 0.25) is 0 Å². The summed E-state index contributed by atoms with van der Waals surface area (Å²) < 4.78 is 5.36. The van der Waals surface area contributed by atoms with Crippen molar-refractivity contribution in [3.05, 3.63) is 0 Å². The zero-order valence-electron chi connectivity index (χ0n) is 10.5. The summed E-state index contributed by atoms with van der Waals surface area (Å²) in [5.74, 6) is 0. The van der Waals surface area contributed by atoms with Gasteiger partial charge in [-0.1, -0.05) is 20.8 Å². The number of halogens is 1. The maximum Gasteiger partial charge on any atom is 0.0622 e. The van der Waals surface area contributed by atoms with Gasteiger partial charge in [0.1, 0.15) is 0 Å². The first-order valence-electron chi connectivity index (χ1n) is 5.38. The van der Waals surface area contributed by atoms with Crippen LogP contribution in [0.1, 0.15) is 53.9 Å². The molecule has 0 radical (unpaired) electrons. The van der Waals surface area contributed by atoms with Crippen LogP contribution in [0.4, 0.5) is 0 Å². The highest BCUT2D eigenvalue weighted by Gasteiger charge is 2.23. The van der Waals surface area contributed by atoms with Gasteiger partial charge in [-0.25, -0.2) is 0 Å². The van der Waals surface area contributed by atoms with Gasteiger partial charge in [0.15, 0.2) is 0 Å². The largest absolute Gasteiger partial charge is 0.379 e. The first-order valence-corrected chi connectivity index (χ1v) is 5.82. The molecule has 14 heavy (non-hydrogen) atoms. The Morgan fingerprint density at radius 1 is 1.14 bits per heavy atom. The molecule has 1 unspecified atom stereocenters. The van der Waals surface area contributed by atoms with Gasteiger partial charge in [0.25, 0.3) is 0 Å². The second-order valence-electron chi connectivity index (χ2n) is 5.69. The lowest BCUT2D eigenvalue weighted by Gasteiger charge is -2.27. The molecule has 0 amide bonds. The molecule has 0 aliphatic heterocycles. The molecule has 1 atom stereocenters. The second-order valence-corrected chi connectivity index (χ2v) is 6.22. The fourth-order valence-corrected chi connectivity index (χ4v) is 1.40. The third-order valence-electron chi connectivity index (χ3n) is 2.73. The van der Waals surface area contributed by atoms with Crippen molar-refractivity contribution >= 4 is 11.6 Å². The number of hydrogen-bond acceptors (Lipinski definition) is 1. The van der Waals surface area contributed by atoms with Crippen LogP contribution in [0.25, 0.3) is 0 Å². The summed E-state index contributed by atoms with van der Waals surface area (Å²) in [6.45, 7) is 10.8. The minimum absolute atomic E-state index is 0.00546. The van der Waals surface area contributed by atoms with Gasteiger partial charge in [-0.05, 0) is 38.5 Å². The summed E-state index contributed by atoms with van der Waals surface area (Å²) in [4.78, 5) is 0. The van der Waals surface area contributed by atoms with Crippen molar-refractivity contribution in [3.63, 3.8) is 0 Å². The van der Waals surface area contributed by atoms with Gasteiger partial charge in [-0.15, -0.1) is 11.6 Å². The normalized spacial score (nSPS) is 15.6. The predicted molar refractivity (Wildman–Crippen MR) is 64.0 cm³/mol. The molecule has 86 valence electrons. The summed E-state index contributed by atoms with van der Waals surface area (Å²) in [7, 11) is 1.77. The third-order valence-corrected chi connectivity index (χ3v) is 3.60. The summed E-state index contributed by atoms with van der Waals surface area (Å²) in [6.07, 6.45) is 3.27. The van der Waals surface area contributed by atoms with Crippen LogP contribution < -0.4 is 0 Å². The average Bonchev–Trinajstić information content (AvgIpc) is 2.02. The van der Waals surface area contributed by atoms with Gasteiger partial charge in [0.05, 0.1) is 5.60 Å². The molecular formula is C12H25ClO. The lowest BCUT2D eigenvalue weighted by Crippen LogP contribution is -2.24. The average molecular weight is 221 g/mol. The molecule has 0 heterocycles. The zero-order valence-corrected chi connectivity index (χ0v) is 11.2. The van der Waals surface area contributed by atoms with E-state index < -0.39 is 0 Å². The predicted octanol–water partition coefficient (Wildman–Crippen LogP) is 4.24. The van der Waals surface area contributed by atoms with Crippen LogP contribution in [0.15, 0.2) is 0 Å². The van der Waals surface area contributed by atoms with Crippen LogP contribution in [-0.2, 0) is 4.74 Å². The van der Waals surface area contributed by atoms with E-state index in [-0.39, 0.29) is 16.4 Å². The van der Waals surface area contributed by atoms with E-state index in [9.17, 15) is 0 Å². The van der Waals surface area contributed by atoms with Gasteiger partial charge < -0.3 is 4.74 Å². The highest BCUT2D eigenvalue weighted by atomic mass is 35.5. The fraction of sp³-hybridized carbons (Fsp3) is 1.00. The molecule has 0 aliphatic rings. The van der Waals surface area contributed by atoms with Crippen molar-refractivity contribution in [2.75, 3.05) is 7.11 Å². The van der Waals surface area contributed by atoms with Crippen molar-refractivity contribution in [1.29, 1.82) is 0 Å². The van der Waals surface area contributed by atoms with Crippen molar-refractivity contribution in [3.8, 4) is 0 Å². The molecule has 0 aromatic heterocycles. The fourth-order valence-electron chi connectivity index (χ4n) is 1.24. The van der Waals surface area contributed by atoms with Crippen molar-refractivity contribution in [2.24, 2.45) is 5.41 Å². The van der Waals surface area contributed by atoms with E-state index in [2.05, 4.69) is 34.6 Å². The summed E-state index contributed by atoms with van der Waals surface area (Å²) in [6, 6.07) is 0. The topological polar surface area (TPSA) is 9.23 Å². The Bertz CT molecular complexity index is 158. The minimum atomic E-state index is -0.00546. The molecule has 0 saturated heterocycles. The van der Waals surface area contributed by atoms with Gasteiger partial charge in [0.2, 0.25) is 0 Å². The number of alkyl halides is 1. The van der Waals surface area contributed by atoms with Gasteiger partial charge >= 0.3 is 0 Å². The van der Waals surface area contributed by atoms with Crippen LogP contribution in [0.3, 0.4) is 0 Å². The summed E-state index contributed by atoms with van der Waals surface area (Å²) >= 11 is 6.29. The van der Waals surface area contributed by atoms with Crippen molar-refractivity contribution in [1.82, 2.24) is 0 Å². The van der Waals surface area contributed by atoms with Gasteiger partial charge in [0, 0.05) is 12.5 Å². The van der Waals surface area contributed by atoms with Crippen LogP contribution >= 0.6 is 11.6 Å². The quantitative estimate of drug-likeness (QED) is 0.630. The SMILES string of the molecule is COC(C)(C)CCCC(Cl)C(C)(C)C. The van der Waals surface area contributed by atoms with E-state index in [0.29, 0.717) is 0 Å². The monoisotopic (exact) mass is 220 g/mol. The van der Waals surface area contributed by atoms with E-state index in [1.54, 1.807) is 7.11 Å². The molecule has 1 nitrogen and oxygen atoms in total. The lowest BCUT2D eigenvalue weighted by molar-refractivity contribution is 0.0130. The summed E-state index contributed by atoms with van der Waals surface area (Å²) in [5.41, 5.74) is 0.202. The molecule has 0 bridgehead atoms. The number of ether oxygens (including phenoxy) is 1. The van der Waals surface area contributed by atoms with Crippen molar-refractivity contribution in [2.45, 2.75) is 64.9 Å². The molecule has 2 heteroatoms. The smallest absolute Gasteiger partial charge is 0.0622 e. The summed E-state index contributed by atoms with van der Waals surface area (Å²) in [5, 5.41) is 0.259. The Morgan fingerprint density at radius 2 is 1.64 bits per heavy atom. The Labute approximate surface area is 94.2 Å². The zero-order chi connectivity index (χ0) is 11.4. The molecule has 0 N–H and O–H groups in total. The van der Waals surface area contributed by atoms with E-state index in [0.717, 1.165) is 19.3 Å². The van der Waals surface area contributed by atoms with Gasteiger partial charge in [-0.2, -0.15) is 0 Å². The Balaban J connectivity index is 3.75. The maximum atomic E-state index is 6.29. The lowest BCUT2D eigenvalue weighted by atomic mass is 9.87. The molecule has 0 saturated carbocycles. The number of rotatable bonds is 5.